The summed E-state index contributed by atoms with van der Waals surface area (Å²) in [4.78, 5) is 18.7. The third-order valence-electron chi connectivity index (χ3n) is 3.97. The van der Waals surface area contributed by atoms with Crippen molar-refractivity contribution in [3.05, 3.63) is 75.3 Å². The van der Waals surface area contributed by atoms with E-state index in [0.29, 0.717) is 12.1 Å². The number of hydrogen-bond donors (Lipinski definition) is 0. The van der Waals surface area contributed by atoms with Crippen molar-refractivity contribution in [2.24, 2.45) is 0 Å². The van der Waals surface area contributed by atoms with Gasteiger partial charge in [-0.15, -0.1) is 11.8 Å². The van der Waals surface area contributed by atoms with Crippen LogP contribution in [0.2, 0.25) is 0 Å². The summed E-state index contributed by atoms with van der Waals surface area (Å²) in [6.07, 6.45) is 1.66. The van der Waals surface area contributed by atoms with Gasteiger partial charge in [-0.1, -0.05) is 33.2 Å². The second-order valence-electron chi connectivity index (χ2n) is 5.73. The van der Waals surface area contributed by atoms with Gasteiger partial charge in [-0.05, 0) is 36.4 Å². The molecule has 0 bridgehead atoms. The fraction of sp³-hybridized carbons (Fsp3) is 0.105. The van der Waals surface area contributed by atoms with Gasteiger partial charge in [0, 0.05) is 28.4 Å². The number of amides is 1. The van der Waals surface area contributed by atoms with E-state index >= 15 is 0 Å². The molecule has 0 N–H and O–H groups in total. The topological polar surface area (TPSA) is 59.2 Å². The largest absolute Gasteiger partial charge is 0.334 e. The maximum atomic E-state index is 13.9. The summed E-state index contributed by atoms with van der Waals surface area (Å²) in [5, 5.41) is 4.57. The van der Waals surface area contributed by atoms with Crippen LogP contribution in [0.4, 0.5) is 4.39 Å². The van der Waals surface area contributed by atoms with Crippen LogP contribution in [0.3, 0.4) is 0 Å². The molecule has 4 rings (SSSR count). The molecule has 0 spiro atoms. The van der Waals surface area contributed by atoms with Crippen LogP contribution in [0.5, 0.6) is 0 Å². The third-order valence-corrected chi connectivity index (χ3v) is 5.52. The number of carbonyl (C=O) groups is 1. The van der Waals surface area contributed by atoms with Crippen molar-refractivity contribution in [3.63, 3.8) is 0 Å². The molecule has 1 fully saturated rings. The first kappa shape index (κ1) is 17.9. The van der Waals surface area contributed by atoms with Gasteiger partial charge < -0.3 is 9.42 Å². The first-order chi connectivity index (χ1) is 13.1. The Bertz CT molecular complexity index is 1020. The fourth-order valence-electron chi connectivity index (χ4n) is 2.65. The lowest BCUT2D eigenvalue weighted by Crippen LogP contribution is -2.26. The van der Waals surface area contributed by atoms with Crippen molar-refractivity contribution in [1.29, 1.82) is 0 Å². The number of carbonyl (C=O) groups excluding carboxylic acids is 1. The van der Waals surface area contributed by atoms with E-state index in [1.807, 2.05) is 12.1 Å². The Morgan fingerprint density at radius 1 is 1.22 bits per heavy atom. The average Bonchev–Trinajstić information content (AvgIpc) is 3.32. The molecule has 1 aromatic heterocycles. The smallest absolute Gasteiger partial charge is 0.258 e. The maximum Gasteiger partial charge on any atom is 0.258 e. The summed E-state index contributed by atoms with van der Waals surface area (Å²) in [5.41, 5.74) is 0.872. The molecule has 0 radical (unpaired) electrons. The van der Waals surface area contributed by atoms with Gasteiger partial charge in [-0.3, -0.25) is 4.79 Å². The number of aromatic nitrogens is 2. The SMILES string of the molecule is O=C(c1ccc(Br)cc1)N1CCS/C1=C/c1nc(-c2ccccc2F)no1. The molecule has 0 aliphatic carbocycles. The van der Waals surface area contributed by atoms with Crippen LogP contribution >= 0.6 is 27.7 Å². The highest BCUT2D eigenvalue weighted by Crippen LogP contribution is 2.31. The van der Waals surface area contributed by atoms with Crippen molar-refractivity contribution in [2.75, 3.05) is 12.3 Å². The molecule has 3 aromatic rings. The lowest BCUT2D eigenvalue weighted by molar-refractivity contribution is 0.0831. The molecule has 1 aliphatic rings. The number of nitrogens with zero attached hydrogens (tertiary/aromatic N) is 3. The summed E-state index contributed by atoms with van der Waals surface area (Å²) in [5.74, 6) is 0.676. The Hall–Kier alpha value is -2.45. The zero-order chi connectivity index (χ0) is 18.8. The Balaban J connectivity index is 1.59. The maximum absolute atomic E-state index is 13.9. The van der Waals surface area contributed by atoms with Crippen molar-refractivity contribution >= 4 is 39.7 Å². The standard InChI is InChI=1S/C19H13BrFN3O2S/c20-13-7-5-12(6-8-13)19(25)24-9-10-27-17(24)11-16-22-18(23-26-16)14-3-1-2-4-15(14)21/h1-8,11H,9-10H2/b17-11+. The molecule has 5 nitrogen and oxygen atoms in total. The summed E-state index contributed by atoms with van der Waals surface area (Å²) < 4.78 is 20.0. The van der Waals surface area contributed by atoms with Crippen LogP contribution in [0.15, 0.2) is 62.6 Å². The minimum Gasteiger partial charge on any atom is -0.334 e. The van der Waals surface area contributed by atoms with E-state index in [2.05, 4.69) is 26.1 Å². The number of thioether (sulfide) groups is 1. The molecule has 136 valence electrons. The molecular formula is C19H13BrFN3O2S. The van der Waals surface area contributed by atoms with Crippen LogP contribution in [0.25, 0.3) is 17.5 Å². The van der Waals surface area contributed by atoms with E-state index in [0.717, 1.165) is 15.3 Å². The zero-order valence-electron chi connectivity index (χ0n) is 13.9. The van der Waals surface area contributed by atoms with Gasteiger partial charge in [-0.25, -0.2) is 4.39 Å². The van der Waals surface area contributed by atoms with Crippen LogP contribution in [0, 0.1) is 5.82 Å². The van der Waals surface area contributed by atoms with E-state index in [-0.39, 0.29) is 23.2 Å². The van der Waals surface area contributed by atoms with Gasteiger partial charge in [-0.2, -0.15) is 4.98 Å². The second-order valence-corrected chi connectivity index (χ2v) is 7.76. The van der Waals surface area contributed by atoms with Gasteiger partial charge in [0.15, 0.2) is 0 Å². The molecule has 1 saturated heterocycles. The zero-order valence-corrected chi connectivity index (χ0v) is 16.3. The predicted molar refractivity (Wildman–Crippen MR) is 105 cm³/mol. The molecule has 0 unspecified atom stereocenters. The van der Waals surface area contributed by atoms with Crippen LogP contribution in [-0.2, 0) is 0 Å². The van der Waals surface area contributed by atoms with E-state index in [9.17, 15) is 9.18 Å². The van der Waals surface area contributed by atoms with Crippen LogP contribution in [-0.4, -0.2) is 33.2 Å². The van der Waals surface area contributed by atoms with E-state index in [1.165, 1.54) is 17.8 Å². The quantitative estimate of drug-likeness (QED) is 0.577. The molecule has 1 amide bonds. The Kier molecular flexibility index (Phi) is 5.09. The molecule has 27 heavy (non-hydrogen) atoms. The Labute approximate surface area is 167 Å². The summed E-state index contributed by atoms with van der Waals surface area (Å²) in [7, 11) is 0. The van der Waals surface area contributed by atoms with Gasteiger partial charge >= 0.3 is 0 Å². The molecule has 0 saturated carbocycles. The summed E-state index contributed by atoms with van der Waals surface area (Å²) in [6.45, 7) is 0.597. The lowest BCUT2D eigenvalue weighted by Gasteiger charge is -2.16. The molecule has 2 heterocycles. The van der Waals surface area contributed by atoms with Gasteiger partial charge in [0.05, 0.1) is 10.6 Å². The number of halogens is 2. The minimum atomic E-state index is -0.417. The third kappa shape index (κ3) is 3.81. The Morgan fingerprint density at radius 3 is 2.78 bits per heavy atom. The summed E-state index contributed by atoms with van der Waals surface area (Å²) in [6, 6.07) is 13.4. The molecule has 0 atom stereocenters. The molecular weight excluding hydrogens is 433 g/mol. The number of benzene rings is 2. The molecule has 2 aromatic carbocycles. The normalized spacial score (nSPS) is 15.5. The average molecular weight is 446 g/mol. The van der Waals surface area contributed by atoms with E-state index in [4.69, 9.17) is 4.52 Å². The monoisotopic (exact) mass is 445 g/mol. The predicted octanol–water partition coefficient (Wildman–Crippen LogP) is 4.83. The lowest BCUT2D eigenvalue weighted by atomic mass is 10.2. The van der Waals surface area contributed by atoms with E-state index in [1.54, 1.807) is 41.3 Å². The second kappa shape index (κ2) is 7.66. The van der Waals surface area contributed by atoms with Crippen LogP contribution in [0.1, 0.15) is 16.2 Å². The highest BCUT2D eigenvalue weighted by Gasteiger charge is 2.26. The minimum absolute atomic E-state index is 0.0902. The highest BCUT2D eigenvalue weighted by atomic mass is 79.9. The fourth-order valence-corrected chi connectivity index (χ4v) is 3.91. The first-order valence-corrected chi connectivity index (χ1v) is 9.90. The Morgan fingerprint density at radius 2 is 2.00 bits per heavy atom. The van der Waals surface area contributed by atoms with Crippen LogP contribution < -0.4 is 0 Å². The van der Waals surface area contributed by atoms with Gasteiger partial charge in [0.1, 0.15) is 5.82 Å². The summed E-state index contributed by atoms with van der Waals surface area (Å²) >= 11 is 4.90. The van der Waals surface area contributed by atoms with Crippen molar-refractivity contribution < 1.29 is 13.7 Å². The van der Waals surface area contributed by atoms with Crippen molar-refractivity contribution in [1.82, 2.24) is 15.0 Å². The first-order valence-electron chi connectivity index (χ1n) is 8.12. The highest BCUT2D eigenvalue weighted by molar-refractivity contribution is 9.10. The van der Waals surface area contributed by atoms with Gasteiger partial charge in [0.2, 0.25) is 5.82 Å². The molecule has 8 heteroatoms. The van der Waals surface area contributed by atoms with Crippen molar-refractivity contribution in [3.8, 4) is 11.4 Å². The number of hydrogen-bond acceptors (Lipinski definition) is 5. The van der Waals surface area contributed by atoms with Crippen molar-refractivity contribution in [2.45, 2.75) is 0 Å². The van der Waals surface area contributed by atoms with E-state index < -0.39 is 5.82 Å². The molecule has 1 aliphatic heterocycles. The van der Waals surface area contributed by atoms with Gasteiger partial charge in [0.25, 0.3) is 11.8 Å². The number of rotatable bonds is 3.